The Morgan fingerprint density at radius 2 is 1.76 bits per heavy atom. The maximum absolute atomic E-state index is 5.88. The zero-order valence-corrected chi connectivity index (χ0v) is 16.5. The first-order valence-corrected chi connectivity index (χ1v) is 8.70. The van der Waals surface area contributed by atoms with Crippen LogP contribution in [0.2, 0.25) is 0 Å². The lowest BCUT2D eigenvalue weighted by Gasteiger charge is -2.27. The highest BCUT2D eigenvalue weighted by atomic mass is 16.5. The number of pyridine rings is 1. The topological polar surface area (TPSA) is 60.2 Å². The molecule has 0 aliphatic heterocycles. The van der Waals surface area contributed by atoms with Gasteiger partial charge in [0.25, 0.3) is 0 Å². The molecular weight excluding hydrogens is 310 g/mol. The molecule has 0 spiro atoms. The van der Waals surface area contributed by atoms with E-state index < -0.39 is 0 Å². The molecule has 0 atom stereocenters. The molecule has 4 heteroatoms. The van der Waals surface area contributed by atoms with Crippen LogP contribution in [-0.2, 0) is 10.8 Å². The van der Waals surface area contributed by atoms with Gasteiger partial charge >= 0.3 is 0 Å². The Morgan fingerprint density at radius 1 is 1.08 bits per heavy atom. The molecule has 0 bridgehead atoms. The monoisotopic (exact) mass is 341 g/mol. The lowest BCUT2D eigenvalue weighted by atomic mass is 9.83. The number of nitrogen functional groups attached to an aromatic ring is 1. The van der Waals surface area contributed by atoms with Crippen molar-refractivity contribution in [1.29, 1.82) is 0 Å². The number of nitrogens with zero attached hydrogens (tertiary/aromatic N) is 1. The number of aromatic nitrogens is 1. The molecule has 0 amide bonds. The average molecular weight is 341 g/mol. The summed E-state index contributed by atoms with van der Waals surface area (Å²) in [7, 11) is 1.59. The quantitative estimate of drug-likeness (QED) is 0.830. The van der Waals surface area contributed by atoms with Crippen LogP contribution in [0.4, 0.5) is 11.4 Å². The fourth-order valence-electron chi connectivity index (χ4n) is 2.95. The van der Waals surface area contributed by atoms with E-state index in [4.69, 9.17) is 10.5 Å². The van der Waals surface area contributed by atoms with Gasteiger partial charge in [0.1, 0.15) is 0 Å². The van der Waals surface area contributed by atoms with Crippen LogP contribution in [0.1, 0.15) is 51.4 Å². The molecule has 4 nitrogen and oxygen atoms in total. The summed E-state index contributed by atoms with van der Waals surface area (Å²) in [5.41, 5.74) is 11.2. The summed E-state index contributed by atoms with van der Waals surface area (Å²) in [6, 6.07) is 10.4. The number of nitrogens with two attached hydrogens (primary N) is 1. The van der Waals surface area contributed by atoms with Gasteiger partial charge in [-0.05, 0) is 47.7 Å². The molecule has 0 aliphatic rings. The van der Waals surface area contributed by atoms with Crippen LogP contribution >= 0.6 is 0 Å². The predicted octanol–water partition coefficient (Wildman–Crippen LogP) is 4.67. The van der Waals surface area contributed by atoms with Gasteiger partial charge in [-0.15, -0.1) is 0 Å². The number of anilines is 2. The summed E-state index contributed by atoms with van der Waals surface area (Å²) in [6.45, 7) is 14.0. The molecular formula is C21H31N3O. The van der Waals surface area contributed by atoms with E-state index in [1.165, 1.54) is 11.1 Å². The third kappa shape index (κ3) is 4.44. The van der Waals surface area contributed by atoms with Crippen molar-refractivity contribution in [3.05, 3.63) is 47.2 Å². The smallest absolute Gasteiger partial charge is 0.237 e. The van der Waals surface area contributed by atoms with Crippen LogP contribution in [0.15, 0.2) is 30.3 Å². The largest absolute Gasteiger partial charge is 0.480 e. The van der Waals surface area contributed by atoms with E-state index >= 15 is 0 Å². The summed E-state index contributed by atoms with van der Waals surface area (Å²) >= 11 is 0. The van der Waals surface area contributed by atoms with Crippen molar-refractivity contribution in [2.75, 3.05) is 24.7 Å². The zero-order chi connectivity index (χ0) is 18.8. The SMILES string of the molecule is COc1nc(C(C)(C)CNc2ccc(C)c(C(C)(C)C)c2)ccc1N. The predicted molar refractivity (Wildman–Crippen MR) is 107 cm³/mol. The third-order valence-electron chi connectivity index (χ3n) is 4.56. The molecule has 1 heterocycles. The van der Waals surface area contributed by atoms with E-state index in [0.717, 1.165) is 17.9 Å². The van der Waals surface area contributed by atoms with Crippen molar-refractivity contribution in [1.82, 2.24) is 4.98 Å². The minimum absolute atomic E-state index is 0.128. The van der Waals surface area contributed by atoms with Gasteiger partial charge in [-0.3, -0.25) is 0 Å². The summed E-state index contributed by atoms with van der Waals surface area (Å²) in [6.07, 6.45) is 0. The minimum Gasteiger partial charge on any atom is -0.480 e. The fraction of sp³-hybridized carbons (Fsp3) is 0.476. The summed E-state index contributed by atoms with van der Waals surface area (Å²) in [5, 5.41) is 3.56. The van der Waals surface area contributed by atoms with Crippen LogP contribution in [0, 0.1) is 6.92 Å². The van der Waals surface area contributed by atoms with E-state index in [-0.39, 0.29) is 10.8 Å². The number of hydrogen-bond acceptors (Lipinski definition) is 4. The fourth-order valence-corrected chi connectivity index (χ4v) is 2.95. The highest BCUT2D eigenvalue weighted by Crippen LogP contribution is 2.30. The maximum Gasteiger partial charge on any atom is 0.237 e. The van der Waals surface area contributed by atoms with Gasteiger partial charge in [-0.1, -0.05) is 40.7 Å². The first-order valence-electron chi connectivity index (χ1n) is 8.70. The molecule has 1 aromatic carbocycles. The Kier molecular flexibility index (Phi) is 5.31. The molecule has 0 unspecified atom stereocenters. The van der Waals surface area contributed by atoms with Gasteiger partial charge in [0.05, 0.1) is 18.5 Å². The normalized spacial score (nSPS) is 12.1. The molecule has 1 aromatic heterocycles. The van der Waals surface area contributed by atoms with Crippen molar-refractivity contribution in [2.45, 2.75) is 52.4 Å². The molecule has 136 valence electrons. The highest BCUT2D eigenvalue weighted by Gasteiger charge is 2.24. The number of methoxy groups -OCH3 is 1. The van der Waals surface area contributed by atoms with Crippen molar-refractivity contribution < 1.29 is 4.74 Å². The highest BCUT2D eigenvalue weighted by molar-refractivity contribution is 5.52. The van der Waals surface area contributed by atoms with Gasteiger partial charge in [0.2, 0.25) is 5.88 Å². The zero-order valence-electron chi connectivity index (χ0n) is 16.5. The first kappa shape index (κ1) is 19.1. The minimum atomic E-state index is -0.159. The second-order valence-electron chi connectivity index (χ2n) is 8.31. The first-order chi connectivity index (χ1) is 11.5. The van der Waals surface area contributed by atoms with E-state index in [1.54, 1.807) is 7.11 Å². The molecule has 0 saturated carbocycles. The number of hydrogen-bond donors (Lipinski definition) is 2. The van der Waals surface area contributed by atoms with Crippen LogP contribution in [-0.4, -0.2) is 18.6 Å². The Hall–Kier alpha value is -2.23. The molecule has 3 N–H and O–H groups in total. The molecule has 2 rings (SSSR count). The summed E-state index contributed by atoms with van der Waals surface area (Å²) in [4.78, 5) is 4.56. The number of ether oxygens (including phenoxy) is 1. The van der Waals surface area contributed by atoms with Crippen LogP contribution in [0.5, 0.6) is 5.88 Å². The molecule has 0 saturated heterocycles. The molecule has 2 aromatic rings. The van der Waals surface area contributed by atoms with Gasteiger partial charge < -0.3 is 15.8 Å². The third-order valence-corrected chi connectivity index (χ3v) is 4.56. The molecule has 0 fully saturated rings. The number of benzene rings is 1. The van der Waals surface area contributed by atoms with E-state index in [2.05, 4.69) is 70.0 Å². The van der Waals surface area contributed by atoms with E-state index in [9.17, 15) is 0 Å². The second-order valence-corrected chi connectivity index (χ2v) is 8.31. The van der Waals surface area contributed by atoms with Crippen molar-refractivity contribution >= 4 is 11.4 Å². The molecule has 0 aliphatic carbocycles. The van der Waals surface area contributed by atoms with Crippen molar-refractivity contribution in [3.8, 4) is 5.88 Å². The van der Waals surface area contributed by atoms with Gasteiger partial charge in [0.15, 0.2) is 0 Å². The number of rotatable bonds is 5. The molecule has 25 heavy (non-hydrogen) atoms. The summed E-state index contributed by atoms with van der Waals surface area (Å²) in [5.74, 6) is 0.482. The molecule has 0 radical (unpaired) electrons. The lowest BCUT2D eigenvalue weighted by molar-refractivity contribution is 0.393. The Balaban J connectivity index is 2.20. The van der Waals surface area contributed by atoms with Crippen molar-refractivity contribution in [2.24, 2.45) is 0 Å². The Bertz CT molecular complexity index is 745. The van der Waals surface area contributed by atoms with Crippen LogP contribution in [0.25, 0.3) is 0 Å². The van der Waals surface area contributed by atoms with Gasteiger partial charge in [-0.25, -0.2) is 4.98 Å². The standard InChI is InChI=1S/C21H31N3O/c1-14-8-9-15(12-16(14)20(2,3)4)23-13-21(5,6)18-11-10-17(22)19(24-18)25-7/h8-12,23H,13,22H2,1-7H3. The number of aryl methyl sites for hydroxylation is 1. The number of nitrogens with one attached hydrogen (secondary N) is 1. The Labute approximate surface area is 151 Å². The van der Waals surface area contributed by atoms with Gasteiger partial charge in [0, 0.05) is 17.6 Å². The summed E-state index contributed by atoms with van der Waals surface area (Å²) < 4.78 is 5.25. The van der Waals surface area contributed by atoms with E-state index in [1.807, 2.05) is 12.1 Å². The van der Waals surface area contributed by atoms with Crippen molar-refractivity contribution in [3.63, 3.8) is 0 Å². The van der Waals surface area contributed by atoms with Gasteiger partial charge in [-0.2, -0.15) is 0 Å². The maximum atomic E-state index is 5.88. The van der Waals surface area contributed by atoms with E-state index in [0.29, 0.717) is 11.6 Å². The lowest BCUT2D eigenvalue weighted by Crippen LogP contribution is -2.29. The van der Waals surface area contributed by atoms with Crippen LogP contribution < -0.4 is 15.8 Å². The second kappa shape index (κ2) is 6.95. The average Bonchev–Trinajstić information content (AvgIpc) is 2.53. The van der Waals surface area contributed by atoms with Crippen LogP contribution in [0.3, 0.4) is 0 Å². The Morgan fingerprint density at radius 3 is 2.36 bits per heavy atom.